The van der Waals surface area contributed by atoms with E-state index in [1.165, 1.54) is 0 Å². The number of aryl methyl sites for hydroxylation is 1. The van der Waals surface area contributed by atoms with Gasteiger partial charge in [-0.2, -0.15) is 0 Å². The van der Waals surface area contributed by atoms with Crippen molar-refractivity contribution in [2.75, 3.05) is 14.2 Å². The maximum atomic E-state index is 10.8. The van der Waals surface area contributed by atoms with Crippen molar-refractivity contribution < 1.29 is 14.6 Å². The van der Waals surface area contributed by atoms with E-state index >= 15 is 0 Å². The Kier molecular flexibility index (Phi) is 4.48. The lowest BCUT2D eigenvalue weighted by molar-refractivity contribution is 0.0565. The number of methoxy groups -OCH3 is 2. The van der Waals surface area contributed by atoms with Crippen molar-refractivity contribution in [1.82, 2.24) is 4.98 Å². The molecule has 1 aromatic heterocycles. The summed E-state index contributed by atoms with van der Waals surface area (Å²) in [6.07, 6.45) is 3.92. The van der Waals surface area contributed by atoms with Crippen LogP contribution in [0, 0.1) is 6.92 Å². The average molecular weight is 287 g/mol. The lowest BCUT2D eigenvalue weighted by Gasteiger charge is -2.25. The van der Waals surface area contributed by atoms with Crippen molar-refractivity contribution >= 4 is 0 Å². The van der Waals surface area contributed by atoms with Gasteiger partial charge in [0.1, 0.15) is 0 Å². The average Bonchev–Trinajstić information content (AvgIpc) is 2.47. The molecule has 2 rings (SSSR count). The molecule has 0 radical (unpaired) electrons. The van der Waals surface area contributed by atoms with Gasteiger partial charge < -0.3 is 14.6 Å². The van der Waals surface area contributed by atoms with Gasteiger partial charge in [-0.3, -0.25) is 4.98 Å². The van der Waals surface area contributed by atoms with Gasteiger partial charge in [-0.25, -0.2) is 0 Å². The first-order valence-electron chi connectivity index (χ1n) is 6.82. The molecule has 0 aliphatic heterocycles. The number of hydrogen-bond donors (Lipinski definition) is 1. The maximum Gasteiger partial charge on any atom is 0.160 e. The monoisotopic (exact) mass is 287 g/mol. The molecule has 4 nitrogen and oxygen atoms in total. The van der Waals surface area contributed by atoms with Crippen molar-refractivity contribution in [2.24, 2.45) is 0 Å². The van der Waals surface area contributed by atoms with Crippen molar-refractivity contribution in [3.8, 4) is 11.5 Å². The molecule has 0 amide bonds. The predicted molar refractivity (Wildman–Crippen MR) is 81.8 cm³/mol. The van der Waals surface area contributed by atoms with E-state index in [-0.39, 0.29) is 0 Å². The lowest BCUT2D eigenvalue weighted by Crippen LogP contribution is -2.25. The summed E-state index contributed by atoms with van der Waals surface area (Å²) >= 11 is 0. The Balaban J connectivity index is 2.30. The van der Waals surface area contributed by atoms with Crippen molar-refractivity contribution in [3.05, 3.63) is 53.3 Å². The second-order valence-electron chi connectivity index (χ2n) is 5.33. The Morgan fingerprint density at radius 1 is 1.14 bits per heavy atom. The number of pyridine rings is 1. The molecular weight excluding hydrogens is 266 g/mol. The second kappa shape index (κ2) is 6.14. The van der Waals surface area contributed by atoms with Crippen LogP contribution in [0.15, 0.2) is 36.7 Å². The minimum Gasteiger partial charge on any atom is -0.493 e. The quantitative estimate of drug-likeness (QED) is 0.918. The predicted octanol–water partition coefficient (Wildman–Crippen LogP) is 2.86. The zero-order chi connectivity index (χ0) is 15.5. The number of benzene rings is 1. The highest BCUT2D eigenvalue weighted by atomic mass is 16.5. The van der Waals surface area contributed by atoms with E-state index in [0.717, 1.165) is 16.7 Å². The summed E-state index contributed by atoms with van der Waals surface area (Å²) in [5, 5.41) is 10.8. The van der Waals surface area contributed by atoms with E-state index in [1.54, 1.807) is 33.5 Å². The molecule has 0 saturated carbocycles. The number of hydrogen-bond acceptors (Lipinski definition) is 4. The molecule has 0 aliphatic carbocycles. The van der Waals surface area contributed by atoms with E-state index in [4.69, 9.17) is 9.47 Å². The standard InChI is InChI=1S/C17H21NO3/c1-12-7-8-18-11-14(12)17(2,19)10-13-5-6-15(20-3)16(9-13)21-4/h5-9,11,19H,10H2,1-4H3. The summed E-state index contributed by atoms with van der Waals surface area (Å²) in [7, 11) is 3.21. The van der Waals surface area contributed by atoms with Crippen molar-refractivity contribution in [1.29, 1.82) is 0 Å². The number of nitrogens with zero attached hydrogens (tertiary/aromatic N) is 1. The van der Waals surface area contributed by atoms with Crippen LogP contribution in [0.25, 0.3) is 0 Å². The molecule has 0 saturated heterocycles. The third-order valence-electron chi connectivity index (χ3n) is 3.62. The summed E-state index contributed by atoms with van der Waals surface area (Å²) in [4.78, 5) is 4.11. The topological polar surface area (TPSA) is 51.6 Å². The third kappa shape index (κ3) is 3.34. The van der Waals surface area contributed by atoms with Gasteiger partial charge in [0.15, 0.2) is 11.5 Å². The van der Waals surface area contributed by atoms with Gasteiger partial charge in [0.05, 0.1) is 19.8 Å². The highest BCUT2D eigenvalue weighted by molar-refractivity contribution is 5.43. The van der Waals surface area contributed by atoms with Crippen LogP contribution >= 0.6 is 0 Å². The van der Waals surface area contributed by atoms with Crippen molar-refractivity contribution in [3.63, 3.8) is 0 Å². The van der Waals surface area contributed by atoms with Gasteiger partial charge in [-0.1, -0.05) is 6.07 Å². The third-order valence-corrected chi connectivity index (χ3v) is 3.62. The Morgan fingerprint density at radius 3 is 2.48 bits per heavy atom. The van der Waals surface area contributed by atoms with E-state index in [0.29, 0.717) is 17.9 Å². The number of ether oxygens (including phenoxy) is 2. The van der Waals surface area contributed by atoms with Crippen LogP contribution in [0.5, 0.6) is 11.5 Å². The van der Waals surface area contributed by atoms with Crippen LogP contribution in [0.4, 0.5) is 0 Å². The van der Waals surface area contributed by atoms with Gasteiger partial charge in [0, 0.05) is 24.4 Å². The molecule has 0 aliphatic rings. The van der Waals surface area contributed by atoms with Gasteiger partial charge in [0.25, 0.3) is 0 Å². The van der Waals surface area contributed by atoms with E-state index in [2.05, 4.69) is 4.98 Å². The molecular formula is C17H21NO3. The molecule has 21 heavy (non-hydrogen) atoms. The van der Waals surface area contributed by atoms with Crippen molar-refractivity contribution in [2.45, 2.75) is 25.9 Å². The largest absolute Gasteiger partial charge is 0.493 e. The first kappa shape index (κ1) is 15.3. The minimum absolute atomic E-state index is 0.472. The molecule has 2 aromatic rings. The highest BCUT2D eigenvalue weighted by Gasteiger charge is 2.26. The molecule has 0 bridgehead atoms. The fourth-order valence-electron chi connectivity index (χ4n) is 2.51. The summed E-state index contributed by atoms with van der Waals surface area (Å²) in [6.45, 7) is 3.77. The zero-order valence-corrected chi connectivity index (χ0v) is 12.9. The molecule has 4 heteroatoms. The fourth-order valence-corrected chi connectivity index (χ4v) is 2.51. The smallest absolute Gasteiger partial charge is 0.160 e. The second-order valence-corrected chi connectivity index (χ2v) is 5.33. The van der Waals surface area contributed by atoms with Crippen LogP contribution < -0.4 is 9.47 Å². The Labute approximate surface area is 125 Å². The lowest BCUT2D eigenvalue weighted by atomic mass is 9.87. The SMILES string of the molecule is COc1ccc(CC(C)(O)c2cnccc2C)cc1OC. The summed E-state index contributed by atoms with van der Waals surface area (Å²) in [6, 6.07) is 7.57. The molecule has 1 atom stereocenters. The van der Waals surface area contributed by atoms with E-state index in [1.807, 2.05) is 31.2 Å². The Morgan fingerprint density at radius 2 is 1.86 bits per heavy atom. The Hall–Kier alpha value is -2.07. The van der Waals surface area contributed by atoms with Crippen LogP contribution in [-0.4, -0.2) is 24.3 Å². The summed E-state index contributed by atoms with van der Waals surface area (Å²) in [5.41, 5.74) is 1.84. The van der Waals surface area contributed by atoms with E-state index in [9.17, 15) is 5.11 Å². The molecule has 0 spiro atoms. The van der Waals surface area contributed by atoms with Crippen LogP contribution in [-0.2, 0) is 12.0 Å². The summed E-state index contributed by atoms with van der Waals surface area (Å²) in [5.74, 6) is 1.34. The molecule has 1 heterocycles. The molecule has 1 aromatic carbocycles. The zero-order valence-electron chi connectivity index (χ0n) is 12.9. The molecule has 1 N–H and O–H groups in total. The highest BCUT2D eigenvalue weighted by Crippen LogP contribution is 2.32. The molecule has 0 fully saturated rings. The normalized spacial score (nSPS) is 13.6. The molecule has 1 unspecified atom stereocenters. The van der Waals surface area contributed by atoms with Gasteiger partial charge >= 0.3 is 0 Å². The number of rotatable bonds is 5. The Bertz CT molecular complexity index is 623. The van der Waals surface area contributed by atoms with Gasteiger partial charge in [-0.15, -0.1) is 0 Å². The number of aliphatic hydroxyl groups is 1. The van der Waals surface area contributed by atoms with Crippen LogP contribution in [0.1, 0.15) is 23.6 Å². The first-order chi connectivity index (χ1) is 9.97. The van der Waals surface area contributed by atoms with Crippen LogP contribution in [0.3, 0.4) is 0 Å². The van der Waals surface area contributed by atoms with E-state index < -0.39 is 5.60 Å². The van der Waals surface area contributed by atoms with Gasteiger partial charge in [-0.05, 0) is 43.2 Å². The fraction of sp³-hybridized carbons (Fsp3) is 0.353. The number of aromatic nitrogens is 1. The molecule has 112 valence electrons. The maximum absolute atomic E-state index is 10.8. The minimum atomic E-state index is -0.988. The first-order valence-corrected chi connectivity index (χ1v) is 6.82. The van der Waals surface area contributed by atoms with Crippen LogP contribution in [0.2, 0.25) is 0 Å². The summed E-state index contributed by atoms with van der Waals surface area (Å²) < 4.78 is 10.5. The van der Waals surface area contributed by atoms with Gasteiger partial charge in [0.2, 0.25) is 0 Å².